The molecule has 0 saturated carbocycles. The molecule has 3 saturated heterocycles. The van der Waals surface area contributed by atoms with E-state index >= 15 is 0 Å². The summed E-state index contributed by atoms with van der Waals surface area (Å²) in [4.78, 5) is 2.24. The van der Waals surface area contributed by atoms with Crippen molar-refractivity contribution in [1.29, 1.82) is 0 Å². The summed E-state index contributed by atoms with van der Waals surface area (Å²) in [5.74, 6) is 2.06. The first-order valence-electron chi connectivity index (χ1n) is 11.5. The second-order valence-corrected chi connectivity index (χ2v) is 11.1. The molecule has 3 fully saturated rings. The molecule has 0 amide bonds. The Bertz CT molecular complexity index is 858. The zero-order valence-corrected chi connectivity index (χ0v) is 20.4. The number of likely N-dealkylation sites (tertiary alicyclic amines) is 1. The molecule has 0 unspecified atom stereocenters. The van der Waals surface area contributed by atoms with Gasteiger partial charge in [-0.2, -0.15) is 17.0 Å². The molecule has 0 bridgehead atoms. The maximum Gasteiger partial charge on any atom is 0.282 e. The summed E-state index contributed by atoms with van der Waals surface area (Å²) in [5, 5.41) is 4.09. The van der Waals surface area contributed by atoms with Gasteiger partial charge in [0.05, 0.1) is 20.3 Å². The third kappa shape index (κ3) is 5.53. The van der Waals surface area contributed by atoms with Crippen LogP contribution < -0.4 is 10.1 Å². The van der Waals surface area contributed by atoms with Gasteiger partial charge in [-0.15, -0.1) is 0 Å². The van der Waals surface area contributed by atoms with Gasteiger partial charge in [-0.25, -0.2) is 0 Å². The highest BCUT2D eigenvalue weighted by molar-refractivity contribution is 7.86. The minimum atomic E-state index is -3.35. The fourth-order valence-corrected chi connectivity index (χ4v) is 6.88. The number of nitrogens with zero attached hydrogens (tertiary/aromatic N) is 3. The van der Waals surface area contributed by atoms with Crippen molar-refractivity contribution in [2.45, 2.75) is 25.7 Å². The Hall–Kier alpha value is -1.46. The average Bonchev–Trinajstić information content (AvgIpc) is 2.85. The average molecular weight is 483 g/mol. The number of nitrogens with one attached hydrogen (secondary N) is 1. The van der Waals surface area contributed by atoms with Gasteiger partial charge in [-0.3, -0.25) is 0 Å². The van der Waals surface area contributed by atoms with Crippen molar-refractivity contribution in [3.63, 3.8) is 0 Å². The van der Waals surface area contributed by atoms with Crippen LogP contribution in [0.1, 0.15) is 25.7 Å². The zero-order valence-electron chi connectivity index (χ0n) is 18.7. The Morgan fingerprint density at radius 2 is 1.47 bits per heavy atom. The van der Waals surface area contributed by atoms with Crippen molar-refractivity contribution in [2.24, 2.45) is 11.8 Å². The number of piperidine rings is 2. The molecule has 1 aromatic carbocycles. The van der Waals surface area contributed by atoms with E-state index in [1.165, 1.54) is 0 Å². The Labute approximate surface area is 197 Å². The third-order valence-electron chi connectivity index (χ3n) is 6.96. The third-order valence-corrected chi connectivity index (χ3v) is 9.35. The van der Waals surface area contributed by atoms with E-state index in [4.69, 9.17) is 21.7 Å². The molecule has 0 aromatic heterocycles. The number of ether oxygens (including phenoxy) is 2. The van der Waals surface area contributed by atoms with Crippen LogP contribution in [-0.4, -0.2) is 86.6 Å². The normalized spacial score (nSPS) is 22.6. The van der Waals surface area contributed by atoms with Crippen LogP contribution in [0, 0.1) is 11.8 Å². The fraction of sp³-hybridized carbons (Fsp3) is 0.682. The van der Waals surface area contributed by atoms with Crippen LogP contribution in [0.3, 0.4) is 0 Å². The van der Waals surface area contributed by atoms with Crippen LogP contribution in [0.5, 0.6) is 5.75 Å². The summed E-state index contributed by atoms with van der Waals surface area (Å²) in [5.41, 5.74) is 0.965. The molecule has 8 nitrogen and oxygen atoms in total. The van der Waals surface area contributed by atoms with Crippen molar-refractivity contribution in [1.82, 2.24) is 13.5 Å². The van der Waals surface area contributed by atoms with E-state index in [2.05, 4.69) is 10.2 Å². The van der Waals surface area contributed by atoms with E-state index < -0.39 is 10.2 Å². The molecule has 10 heteroatoms. The Morgan fingerprint density at radius 3 is 2.03 bits per heavy atom. The van der Waals surface area contributed by atoms with Gasteiger partial charge < -0.3 is 19.7 Å². The molecular weight excluding hydrogens is 448 g/mol. The fourth-order valence-electron chi connectivity index (χ4n) is 4.97. The number of benzene rings is 1. The maximum absolute atomic E-state index is 12.9. The SMILES string of the molecule is COc1ccc(NC(=S)N2CCC(C3CCN(S(=O)(=O)N4CCOCC4)CC3)CC2)cc1. The lowest BCUT2D eigenvalue weighted by Gasteiger charge is -2.41. The van der Waals surface area contributed by atoms with E-state index in [-0.39, 0.29) is 0 Å². The molecule has 0 spiro atoms. The minimum Gasteiger partial charge on any atom is -0.497 e. The largest absolute Gasteiger partial charge is 0.497 e. The molecule has 178 valence electrons. The van der Waals surface area contributed by atoms with Crippen molar-refractivity contribution >= 4 is 33.2 Å². The molecular formula is C22H34N4O4S2. The van der Waals surface area contributed by atoms with E-state index in [0.717, 1.165) is 55.3 Å². The summed E-state index contributed by atoms with van der Waals surface area (Å²) in [6.45, 7) is 5.05. The second-order valence-electron chi connectivity index (χ2n) is 8.74. The quantitative estimate of drug-likeness (QED) is 0.646. The molecule has 32 heavy (non-hydrogen) atoms. The van der Waals surface area contributed by atoms with Crippen LogP contribution >= 0.6 is 12.2 Å². The van der Waals surface area contributed by atoms with E-state index in [0.29, 0.717) is 51.2 Å². The standard InChI is InChI=1S/C22H34N4O4S2/c1-29-21-4-2-20(3-5-21)23-22(31)24-10-6-18(7-11-24)19-8-12-25(13-9-19)32(27,28)26-14-16-30-17-15-26/h2-5,18-19H,6-17H2,1H3,(H,23,31). The summed E-state index contributed by atoms with van der Waals surface area (Å²) >= 11 is 5.63. The lowest BCUT2D eigenvalue weighted by atomic mass is 9.79. The molecule has 1 aromatic rings. The molecule has 3 aliphatic heterocycles. The number of thiocarbonyl (C=S) groups is 1. The first-order valence-corrected chi connectivity index (χ1v) is 13.3. The summed E-state index contributed by atoms with van der Waals surface area (Å²) in [6.07, 6.45) is 4.10. The molecule has 1 N–H and O–H groups in total. The van der Waals surface area contributed by atoms with E-state index in [1.54, 1.807) is 15.7 Å². The number of methoxy groups -OCH3 is 1. The van der Waals surface area contributed by atoms with Crippen molar-refractivity contribution < 1.29 is 17.9 Å². The van der Waals surface area contributed by atoms with Gasteiger partial charge >= 0.3 is 0 Å². The smallest absolute Gasteiger partial charge is 0.282 e. The van der Waals surface area contributed by atoms with E-state index in [9.17, 15) is 8.42 Å². The maximum atomic E-state index is 12.9. The van der Waals surface area contributed by atoms with Crippen molar-refractivity contribution in [3.05, 3.63) is 24.3 Å². The lowest BCUT2D eigenvalue weighted by molar-refractivity contribution is 0.0683. The van der Waals surface area contributed by atoms with Crippen LogP contribution in [0.15, 0.2) is 24.3 Å². The minimum absolute atomic E-state index is 0.463. The van der Waals surface area contributed by atoms with Crippen molar-refractivity contribution in [2.75, 3.05) is 64.9 Å². The van der Waals surface area contributed by atoms with Gasteiger partial charge in [-0.05, 0) is 74.0 Å². The van der Waals surface area contributed by atoms with Gasteiger partial charge in [0.15, 0.2) is 5.11 Å². The highest BCUT2D eigenvalue weighted by Gasteiger charge is 2.36. The van der Waals surface area contributed by atoms with Crippen LogP contribution in [0.25, 0.3) is 0 Å². The molecule has 3 aliphatic rings. The van der Waals surface area contributed by atoms with Gasteiger partial charge in [-0.1, -0.05) is 0 Å². The van der Waals surface area contributed by atoms with Gasteiger partial charge in [0, 0.05) is 45.0 Å². The Morgan fingerprint density at radius 1 is 0.938 bits per heavy atom. The Balaban J connectivity index is 1.22. The number of morpholine rings is 1. The van der Waals surface area contributed by atoms with Crippen LogP contribution in [0.2, 0.25) is 0 Å². The first-order chi connectivity index (χ1) is 15.5. The first kappa shape index (κ1) is 23.7. The molecule has 0 atom stereocenters. The number of rotatable bonds is 5. The molecule has 0 aliphatic carbocycles. The monoisotopic (exact) mass is 482 g/mol. The predicted octanol–water partition coefficient (Wildman–Crippen LogP) is 2.39. The second kappa shape index (κ2) is 10.6. The number of hydrogen-bond acceptors (Lipinski definition) is 5. The van der Waals surface area contributed by atoms with E-state index in [1.807, 2.05) is 24.3 Å². The highest BCUT2D eigenvalue weighted by Crippen LogP contribution is 2.34. The highest BCUT2D eigenvalue weighted by atomic mass is 32.2. The Kier molecular flexibility index (Phi) is 7.88. The van der Waals surface area contributed by atoms with Crippen LogP contribution in [0.4, 0.5) is 5.69 Å². The molecule has 3 heterocycles. The summed E-state index contributed by atoms with van der Waals surface area (Å²) < 4.78 is 39.5. The van der Waals surface area contributed by atoms with Gasteiger partial charge in [0.1, 0.15) is 5.75 Å². The van der Waals surface area contributed by atoms with Crippen molar-refractivity contribution in [3.8, 4) is 5.75 Å². The topological polar surface area (TPSA) is 74.4 Å². The number of anilines is 1. The lowest BCUT2D eigenvalue weighted by Crippen LogP contribution is -2.51. The summed E-state index contributed by atoms with van der Waals surface area (Å²) in [6, 6.07) is 7.78. The predicted molar refractivity (Wildman–Crippen MR) is 129 cm³/mol. The number of hydrogen-bond donors (Lipinski definition) is 1. The zero-order chi connectivity index (χ0) is 22.6. The van der Waals surface area contributed by atoms with Crippen LogP contribution in [-0.2, 0) is 14.9 Å². The van der Waals surface area contributed by atoms with Gasteiger partial charge in [0.25, 0.3) is 10.2 Å². The summed E-state index contributed by atoms with van der Waals surface area (Å²) in [7, 11) is -1.69. The molecule has 4 rings (SSSR count). The molecule has 0 radical (unpaired) electrons. The van der Waals surface area contributed by atoms with Gasteiger partial charge in [0.2, 0.25) is 0 Å².